The Kier molecular flexibility index (Phi) is 33.5. The highest BCUT2D eigenvalue weighted by atomic mass is 16.5. The van der Waals surface area contributed by atoms with Crippen molar-refractivity contribution in [1.82, 2.24) is 44.5 Å². The van der Waals surface area contributed by atoms with E-state index in [0.717, 1.165) is 5.56 Å². The molecule has 544 valence electrons. The standard InChI is InChI=1S/C74H125N9O13/c1-25-53-40-62(86)65(66(87)49(14)31-32-83-33-34-96-63(42-83)54-29-27-26-28-30-54)82(24)74(95)64(48(12)13)81(23)73(94)59(38-46(8)9)80(22)72(93)58(37-45(6)7)79(21)68(89)51(16)75-67(88)50(15)39-60(84)56(35-43(2)3)78(20)71(92)55(47(10)11)41-61(85)57(36-44(4)5)77(19)69(90)52(17)76(18)70(53)91/h26-30,43-53,55-59,63-66,87H,25,31-42H2,1-24H3,(H,75,88)/t49-,50+,51+,52-,53+,55-,56?,57+,58-,59-,63?,64-,65+,66-/m1/s1. The van der Waals surface area contributed by atoms with E-state index in [4.69, 9.17) is 4.74 Å². The van der Waals surface area contributed by atoms with Gasteiger partial charge in [0, 0.05) is 99.4 Å². The minimum absolute atomic E-state index is 0.0743. The summed E-state index contributed by atoms with van der Waals surface area (Å²) in [4.78, 5) is 175. The van der Waals surface area contributed by atoms with E-state index >= 15 is 19.2 Å². The van der Waals surface area contributed by atoms with Crippen LogP contribution < -0.4 is 5.32 Å². The molecule has 3 rings (SSSR count). The number of aliphatic hydroxyl groups is 1. The Morgan fingerprint density at radius 2 is 0.958 bits per heavy atom. The topological polar surface area (TPSA) is 255 Å². The monoisotopic (exact) mass is 1350 g/mol. The molecule has 2 aliphatic heterocycles. The number of aliphatic hydroxyl groups excluding tert-OH is 1. The van der Waals surface area contributed by atoms with Gasteiger partial charge in [0.1, 0.15) is 36.3 Å². The van der Waals surface area contributed by atoms with Crippen molar-refractivity contribution in [3.05, 3.63) is 35.9 Å². The van der Waals surface area contributed by atoms with Gasteiger partial charge in [0.2, 0.25) is 47.3 Å². The van der Waals surface area contributed by atoms with Crippen LogP contribution in [-0.2, 0) is 57.5 Å². The third-order valence-electron chi connectivity index (χ3n) is 20.0. The summed E-state index contributed by atoms with van der Waals surface area (Å²) in [7, 11) is 10.4. The molecule has 2 unspecified atom stereocenters. The number of carbonyl (C=O) groups excluding carboxylic acids is 11. The van der Waals surface area contributed by atoms with E-state index < -0.39 is 155 Å². The van der Waals surface area contributed by atoms with Crippen molar-refractivity contribution in [2.75, 3.05) is 75.6 Å². The summed E-state index contributed by atoms with van der Waals surface area (Å²) in [5, 5.41) is 15.5. The second-order valence-electron chi connectivity index (χ2n) is 30.5. The van der Waals surface area contributed by atoms with E-state index in [1.54, 1.807) is 34.6 Å². The lowest BCUT2D eigenvalue weighted by molar-refractivity contribution is -0.157. The number of amides is 8. The first-order valence-corrected chi connectivity index (χ1v) is 35.4. The van der Waals surface area contributed by atoms with Crippen LogP contribution in [0.1, 0.15) is 187 Å². The van der Waals surface area contributed by atoms with Gasteiger partial charge in [0.05, 0.1) is 30.9 Å². The molecule has 22 nitrogen and oxygen atoms in total. The Morgan fingerprint density at radius 1 is 0.500 bits per heavy atom. The minimum atomic E-state index is -1.53. The van der Waals surface area contributed by atoms with Gasteiger partial charge in [0.15, 0.2) is 17.3 Å². The normalized spacial score (nSPS) is 28.0. The molecule has 0 saturated carbocycles. The van der Waals surface area contributed by atoms with Crippen molar-refractivity contribution in [1.29, 1.82) is 0 Å². The quantitative estimate of drug-likeness (QED) is 0.154. The molecule has 1 aromatic carbocycles. The molecule has 2 N–H and O–H groups in total. The maximum Gasteiger partial charge on any atom is 0.246 e. The average Bonchev–Trinajstić information content (AvgIpc) is 0.811. The summed E-state index contributed by atoms with van der Waals surface area (Å²) in [6.07, 6.45) is -1.31. The molecule has 0 aliphatic carbocycles. The number of benzene rings is 1. The van der Waals surface area contributed by atoms with E-state index in [1.807, 2.05) is 106 Å². The molecule has 0 radical (unpaired) electrons. The predicted molar refractivity (Wildman–Crippen MR) is 373 cm³/mol. The summed E-state index contributed by atoms with van der Waals surface area (Å²) in [5.74, 6) is -11.0. The molecule has 2 saturated heterocycles. The van der Waals surface area contributed by atoms with Crippen molar-refractivity contribution in [2.45, 2.75) is 236 Å². The van der Waals surface area contributed by atoms with Crippen LogP contribution in [0.3, 0.4) is 0 Å². The first-order chi connectivity index (χ1) is 44.6. The maximum atomic E-state index is 15.6. The first kappa shape index (κ1) is 84.1. The molecule has 96 heavy (non-hydrogen) atoms. The smallest absolute Gasteiger partial charge is 0.246 e. The molecule has 0 bridgehead atoms. The Hall–Kier alpha value is -6.13. The van der Waals surface area contributed by atoms with E-state index in [0.29, 0.717) is 32.7 Å². The molecule has 0 aromatic heterocycles. The van der Waals surface area contributed by atoms with Gasteiger partial charge in [-0.1, -0.05) is 134 Å². The molecular weight excluding hydrogens is 1220 g/mol. The number of ketones is 3. The van der Waals surface area contributed by atoms with E-state index in [2.05, 4.69) is 10.2 Å². The first-order valence-electron chi connectivity index (χ1n) is 35.4. The fourth-order valence-electron chi connectivity index (χ4n) is 13.6. The fraction of sp³-hybridized carbons (Fsp3) is 0.770. The summed E-state index contributed by atoms with van der Waals surface area (Å²) < 4.78 is 6.15. The zero-order chi connectivity index (χ0) is 73.2. The van der Waals surface area contributed by atoms with Crippen LogP contribution in [0.4, 0.5) is 0 Å². The number of Topliss-reactive ketones (excluding diaryl/α,β-unsaturated/α-hetero) is 3. The Bertz CT molecular complexity index is 2780. The van der Waals surface area contributed by atoms with Gasteiger partial charge in [-0.15, -0.1) is 0 Å². The van der Waals surface area contributed by atoms with Crippen LogP contribution in [0.2, 0.25) is 0 Å². The van der Waals surface area contributed by atoms with E-state index in [1.165, 1.54) is 90.6 Å². The number of morpholine rings is 1. The van der Waals surface area contributed by atoms with Crippen LogP contribution in [0.5, 0.6) is 0 Å². The van der Waals surface area contributed by atoms with Crippen LogP contribution >= 0.6 is 0 Å². The second kappa shape index (κ2) is 38.3. The van der Waals surface area contributed by atoms with Gasteiger partial charge in [-0.05, 0) is 106 Å². The average molecular weight is 1350 g/mol. The highest BCUT2D eigenvalue weighted by molar-refractivity contribution is 6.00. The van der Waals surface area contributed by atoms with Gasteiger partial charge >= 0.3 is 0 Å². The number of nitrogens with zero attached hydrogens (tertiary/aromatic N) is 8. The number of nitrogens with one attached hydrogen (secondary N) is 1. The lowest BCUT2D eigenvalue weighted by atomic mass is 9.84. The summed E-state index contributed by atoms with van der Waals surface area (Å²) in [6, 6.07) is 0.495. The summed E-state index contributed by atoms with van der Waals surface area (Å²) >= 11 is 0. The number of hydrogen-bond acceptors (Lipinski definition) is 14. The molecule has 22 heteroatoms. The van der Waals surface area contributed by atoms with Crippen molar-refractivity contribution < 1.29 is 62.6 Å². The lowest BCUT2D eigenvalue weighted by Gasteiger charge is -2.42. The molecule has 2 fully saturated rings. The minimum Gasteiger partial charge on any atom is -0.390 e. The van der Waals surface area contributed by atoms with Gasteiger partial charge in [0.25, 0.3) is 0 Å². The Balaban J connectivity index is 2.31. The highest BCUT2D eigenvalue weighted by Gasteiger charge is 2.46. The van der Waals surface area contributed by atoms with Crippen molar-refractivity contribution in [3.63, 3.8) is 0 Å². The van der Waals surface area contributed by atoms with Gasteiger partial charge in [-0.25, -0.2) is 0 Å². The molecule has 0 spiro atoms. The van der Waals surface area contributed by atoms with Crippen molar-refractivity contribution in [2.24, 2.45) is 59.2 Å². The van der Waals surface area contributed by atoms with Crippen LogP contribution in [0.25, 0.3) is 0 Å². The predicted octanol–water partition coefficient (Wildman–Crippen LogP) is 7.43. The lowest BCUT2D eigenvalue weighted by Crippen LogP contribution is -2.62. The van der Waals surface area contributed by atoms with Crippen molar-refractivity contribution >= 4 is 64.6 Å². The molecule has 14 atom stereocenters. The molecule has 8 amide bonds. The van der Waals surface area contributed by atoms with Crippen LogP contribution in [0.15, 0.2) is 30.3 Å². The zero-order valence-electron chi connectivity index (χ0n) is 63.1. The van der Waals surface area contributed by atoms with E-state index in [9.17, 15) is 38.7 Å². The van der Waals surface area contributed by atoms with Gasteiger partial charge in [-0.2, -0.15) is 0 Å². The zero-order valence-corrected chi connectivity index (χ0v) is 63.1. The second-order valence-corrected chi connectivity index (χ2v) is 30.5. The third-order valence-corrected chi connectivity index (χ3v) is 20.0. The number of carbonyl (C=O) groups is 11. The molecule has 2 heterocycles. The van der Waals surface area contributed by atoms with E-state index in [-0.39, 0.29) is 80.5 Å². The molecule has 1 aromatic rings. The maximum absolute atomic E-state index is 15.6. The van der Waals surface area contributed by atoms with Crippen LogP contribution in [-0.4, -0.2) is 239 Å². The highest BCUT2D eigenvalue weighted by Crippen LogP contribution is 2.31. The summed E-state index contributed by atoms with van der Waals surface area (Å²) in [6.45, 7) is 32.7. The number of hydrogen-bond donors (Lipinski definition) is 2. The van der Waals surface area contributed by atoms with Gasteiger partial charge < -0.3 is 49.5 Å². The Morgan fingerprint density at radius 3 is 1.45 bits per heavy atom. The molecular formula is C74H125N9O13. The molecule has 2 aliphatic rings. The fourth-order valence-corrected chi connectivity index (χ4v) is 13.6. The largest absolute Gasteiger partial charge is 0.390 e. The number of rotatable bonds is 17. The SMILES string of the molecule is CC[C@H]1CC(=O)[C@@H]([C@H](O)[C@H](C)CCN2CCOC(c3ccccc3)C2)N(C)C(=O)[C@@H](C(C)C)N(C)C(=O)[C@@H](CC(C)C)N(C)C(=O)[C@@H](CC(C)C)N(C)C(=O)[C@H](C)NC(=O)[C@@H](C)CC(=O)C(CC(C)C)N(C)C(=O)[C@@H](C(C)C)CC(=O)[C@H](CC(C)C)N(C)C(=O)[C@@H](C)N(C)C1=O. The van der Waals surface area contributed by atoms with Gasteiger partial charge in [-0.3, -0.25) is 57.6 Å². The van der Waals surface area contributed by atoms with Crippen LogP contribution in [0, 0.1) is 59.2 Å². The number of likely N-dealkylation sites (N-methyl/N-ethyl adjacent to an activating group) is 7. The summed E-state index contributed by atoms with van der Waals surface area (Å²) in [5.41, 5.74) is 1.03. The number of ether oxygens (including phenoxy) is 1. The van der Waals surface area contributed by atoms with Crippen molar-refractivity contribution in [3.8, 4) is 0 Å². The Labute approximate surface area is 576 Å². The third kappa shape index (κ3) is 22.7.